The lowest BCUT2D eigenvalue weighted by atomic mass is 10.2. The standard InChI is InChI=1S/C7H11BrO/c1-2-6(8)7(9)5-3-4-5/h5-6H,2-4H2,1H3. The fraction of sp³-hybridized carbons (Fsp3) is 0.857. The lowest BCUT2D eigenvalue weighted by molar-refractivity contribution is -0.119. The number of Topliss-reactive ketones (excluding diaryl/α,β-unsaturated/α-hetero) is 1. The third kappa shape index (κ3) is 1.78. The van der Waals surface area contributed by atoms with Gasteiger partial charge in [0, 0.05) is 5.92 Å². The average molecular weight is 191 g/mol. The minimum atomic E-state index is 0.130. The summed E-state index contributed by atoms with van der Waals surface area (Å²) in [4.78, 5) is 11.2. The summed E-state index contributed by atoms with van der Waals surface area (Å²) in [6.45, 7) is 2.03. The summed E-state index contributed by atoms with van der Waals surface area (Å²) in [7, 11) is 0. The molecular weight excluding hydrogens is 180 g/mol. The SMILES string of the molecule is CCC(Br)C(=O)C1CC1. The molecule has 1 saturated carbocycles. The van der Waals surface area contributed by atoms with Crippen molar-refractivity contribution >= 4 is 21.7 Å². The van der Waals surface area contributed by atoms with E-state index in [9.17, 15) is 4.79 Å². The van der Waals surface area contributed by atoms with Crippen LogP contribution < -0.4 is 0 Å². The lowest BCUT2D eigenvalue weighted by Crippen LogP contribution is -2.13. The van der Waals surface area contributed by atoms with Gasteiger partial charge in [-0.25, -0.2) is 0 Å². The molecule has 0 aromatic rings. The monoisotopic (exact) mass is 190 g/mol. The third-order valence-corrected chi connectivity index (χ3v) is 2.75. The van der Waals surface area contributed by atoms with Gasteiger partial charge in [-0.2, -0.15) is 0 Å². The van der Waals surface area contributed by atoms with Gasteiger partial charge in [-0.1, -0.05) is 22.9 Å². The molecule has 0 N–H and O–H groups in total. The fourth-order valence-corrected chi connectivity index (χ4v) is 1.20. The molecule has 1 fully saturated rings. The van der Waals surface area contributed by atoms with Crippen LogP contribution in [0.25, 0.3) is 0 Å². The Balaban J connectivity index is 2.31. The van der Waals surface area contributed by atoms with Crippen molar-refractivity contribution in [2.45, 2.75) is 31.0 Å². The molecule has 1 aliphatic carbocycles. The van der Waals surface area contributed by atoms with Crippen molar-refractivity contribution in [2.75, 3.05) is 0 Å². The van der Waals surface area contributed by atoms with E-state index in [1.54, 1.807) is 0 Å². The van der Waals surface area contributed by atoms with Crippen LogP contribution in [0.1, 0.15) is 26.2 Å². The van der Waals surface area contributed by atoms with E-state index in [0.29, 0.717) is 11.7 Å². The van der Waals surface area contributed by atoms with Crippen molar-refractivity contribution in [3.05, 3.63) is 0 Å². The Morgan fingerprint density at radius 1 is 1.78 bits per heavy atom. The highest BCUT2D eigenvalue weighted by molar-refractivity contribution is 9.10. The van der Waals surface area contributed by atoms with Crippen molar-refractivity contribution in [3.63, 3.8) is 0 Å². The predicted molar refractivity (Wildman–Crippen MR) is 40.7 cm³/mol. The number of hydrogen-bond acceptors (Lipinski definition) is 1. The van der Waals surface area contributed by atoms with Gasteiger partial charge in [-0.15, -0.1) is 0 Å². The highest BCUT2D eigenvalue weighted by atomic mass is 79.9. The topological polar surface area (TPSA) is 17.1 Å². The number of carbonyl (C=O) groups excluding carboxylic acids is 1. The van der Waals surface area contributed by atoms with Gasteiger partial charge in [0.1, 0.15) is 5.78 Å². The van der Waals surface area contributed by atoms with Gasteiger partial charge in [0.2, 0.25) is 0 Å². The Bertz CT molecular complexity index is 118. The van der Waals surface area contributed by atoms with E-state index < -0.39 is 0 Å². The number of carbonyl (C=O) groups is 1. The molecule has 0 aromatic heterocycles. The molecule has 0 radical (unpaired) electrons. The van der Waals surface area contributed by atoms with Crippen molar-refractivity contribution in [1.29, 1.82) is 0 Å². The Morgan fingerprint density at radius 2 is 2.33 bits per heavy atom. The molecule has 9 heavy (non-hydrogen) atoms. The fourth-order valence-electron chi connectivity index (χ4n) is 0.825. The van der Waals surface area contributed by atoms with Crippen molar-refractivity contribution < 1.29 is 4.79 Å². The van der Waals surface area contributed by atoms with Crippen LogP contribution in [0.3, 0.4) is 0 Å². The van der Waals surface area contributed by atoms with E-state index in [-0.39, 0.29) is 4.83 Å². The third-order valence-electron chi connectivity index (χ3n) is 1.65. The van der Waals surface area contributed by atoms with Crippen molar-refractivity contribution in [1.82, 2.24) is 0 Å². The minimum Gasteiger partial charge on any atom is -0.298 e. The molecule has 0 spiro atoms. The molecule has 52 valence electrons. The maximum atomic E-state index is 11.1. The van der Waals surface area contributed by atoms with Crippen molar-refractivity contribution in [3.8, 4) is 0 Å². The molecule has 2 heteroatoms. The highest BCUT2D eigenvalue weighted by Gasteiger charge is 2.32. The Kier molecular flexibility index (Phi) is 2.28. The maximum absolute atomic E-state index is 11.1. The molecule has 1 aliphatic rings. The summed E-state index contributed by atoms with van der Waals surface area (Å²) in [6, 6.07) is 0. The lowest BCUT2D eigenvalue weighted by Gasteiger charge is -2.01. The van der Waals surface area contributed by atoms with Crippen LogP contribution in [0.4, 0.5) is 0 Å². The van der Waals surface area contributed by atoms with E-state index in [1.807, 2.05) is 6.92 Å². The molecular formula is C7H11BrO. The second-order valence-corrected chi connectivity index (χ2v) is 3.66. The van der Waals surface area contributed by atoms with E-state index in [4.69, 9.17) is 0 Å². The number of rotatable bonds is 3. The van der Waals surface area contributed by atoms with Crippen molar-refractivity contribution in [2.24, 2.45) is 5.92 Å². The van der Waals surface area contributed by atoms with Gasteiger partial charge in [-0.05, 0) is 19.3 Å². The Labute approximate surface area is 64.0 Å². The van der Waals surface area contributed by atoms with Gasteiger partial charge < -0.3 is 0 Å². The maximum Gasteiger partial charge on any atom is 0.149 e. The summed E-state index contributed by atoms with van der Waals surface area (Å²) < 4.78 is 0. The van der Waals surface area contributed by atoms with Gasteiger partial charge in [-0.3, -0.25) is 4.79 Å². The second kappa shape index (κ2) is 2.82. The number of ketones is 1. The van der Waals surface area contributed by atoms with E-state index in [0.717, 1.165) is 19.3 Å². The summed E-state index contributed by atoms with van der Waals surface area (Å²) >= 11 is 3.33. The van der Waals surface area contributed by atoms with E-state index >= 15 is 0 Å². The summed E-state index contributed by atoms with van der Waals surface area (Å²) in [6.07, 6.45) is 3.18. The first-order valence-electron chi connectivity index (χ1n) is 3.43. The van der Waals surface area contributed by atoms with E-state index in [1.165, 1.54) is 0 Å². The van der Waals surface area contributed by atoms with Crippen LogP contribution in [0, 0.1) is 5.92 Å². The first-order valence-corrected chi connectivity index (χ1v) is 4.35. The summed E-state index contributed by atoms with van der Waals surface area (Å²) in [5, 5.41) is 0. The van der Waals surface area contributed by atoms with Gasteiger partial charge in [0.15, 0.2) is 0 Å². The molecule has 0 heterocycles. The van der Waals surface area contributed by atoms with Gasteiger partial charge >= 0.3 is 0 Å². The Morgan fingerprint density at radius 3 is 2.67 bits per heavy atom. The zero-order chi connectivity index (χ0) is 6.85. The molecule has 0 amide bonds. The zero-order valence-electron chi connectivity index (χ0n) is 5.56. The van der Waals surface area contributed by atoms with Crippen LogP contribution in [-0.2, 0) is 4.79 Å². The molecule has 1 rings (SSSR count). The van der Waals surface area contributed by atoms with Crippen LogP contribution >= 0.6 is 15.9 Å². The molecule has 0 aliphatic heterocycles. The largest absolute Gasteiger partial charge is 0.298 e. The molecule has 1 nitrogen and oxygen atoms in total. The molecule has 0 aromatic carbocycles. The van der Waals surface area contributed by atoms with E-state index in [2.05, 4.69) is 15.9 Å². The van der Waals surface area contributed by atoms with Gasteiger partial charge in [0.05, 0.1) is 4.83 Å². The van der Waals surface area contributed by atoms with Crippen LogP contribution in [0.15, 0.2) is 0 Å². The normalized spacial score (nSPS) is 21.6. The average Bonchev–Trinajstić information content (AvgIpc) is 2.66. The molecule has 0 saturated heterocycles. The predicted octanol–water partition coefficient (Wildman–Crippen LogP) is 2.14. The van der Waals surface area contributed by atoms with Crippen LogP contribution in [-0.4, -0.2) is 10.6 Å². The van der Waals surface area contributed by atoms with Crippen LogP contribution in [0.2, 0.25) is 0 Å². The quantitative estimate of drug-likeness (QED) is 0.624. The first-order chi connectivity index (χ1) is 4.25. The smallest absolute Gasteiger partial charge is 0.149 e. The molecule has 0 bridgehead atoms. The molecule has 1 atom stereocenters. The summed E-state index contributed by atoms with van der Waals surface area (Å²) in [5.74, 6) is 0.826. The number of halogens is 1. The van der Waals surface area contributed by atoms with Gasteiger partial charge in [0.25, 0.3) is 0 Å². The zero-order valence-corrected chi connectivity index (χ0v) is 7.15. The summed E-state index contributed by atoms with van der Waals surface area (Å²) in [5.41, 5.74) is 0. The molecule has 1 unspecified atom stereocenters. The van der Waals surface area contributed by atoms with Crippen LogP contribution in [0.5, 0.6) is 0 Å². The highest BCUT2D eigenvalue weighted by Crippen LogP contribution is 2.32. The first kappa shape index (κ1) is 7.26. The number of hydrogen-bond donors (Lipinski definition) is 0. The minimum absolute atomic E-state index is 0.130. The Hall–Kier alpha value is 0.150. The second-order valence-electron chi connectivity index (χ2n) is 2.55. The number of alkyl halides is 1.